The Kier molecular flexibility index (Phi) is 4.95. The molecule has 5 nitrogen and oxygen atoms in total. The summed E-state index contributed by atoms with van der Waals surface area (Å²) in [5, 5.41) is 1.08. The van der Waals surface area contributed by atoms with E-state index in [0.717, 1.165) is 48.2 Å². The van der Waals surface area contributed by atoms with Crippen molar-refractivity contribution in [2.75, 3.05) is 26.2 Å². The number of nitrogens with zero attached hydrogens (tertiary/aromatic N) is 2. The fourth-order valence-corrected chi connectivity index (χ4v) is 3.58. The lowest BCUT2D eigenvalue weighted by Crippen LogP contribution is -2.49. The number of carbonyl (C=O) groups excluding carboxylic acids is 1. The van der Waals surface area contributed by atoms with E-state index in [1.54, 1.807) is 0 Å². The summed E-state index contributed by atoms with van der Waals surface area (Å²) in [6.07, 6.45) is 0. The standard InChI is InChI=1S/C20H27N3O2/c1-13(2)20(25)23-7-5-22(6-8-23)12-17-11-16-10-14(3)9-15(4)18(16)21-19(17)24/h9-11,13H,5-8,12H2,1-4H3,(H,21,24). The first-order valence-electron chi connectivity index (χ1n) is 8.99. The van der Waals surface area contributed by atoms with Gasteiger partial charge in [0.1, 0.15) is 0 Å². The van der Waals surface area contributed by atoms with Crippen molar-refractivity contribution < 1.29 is 4.79 Å². The highest BCUT2D eigenvalue weighted by Crippen LogP contribution is 2.19. The van der Waals surface area contributed by atoms with Crippen LogP contribution in [-0.4, -0.2) is 46.9 Å². The molecule has 1 fully saturated rings. The number of amides is 1. The lowest BCUT2D eigenvalue weighted by atomic mass is 10.0. The smallest absolute Gasteiger partial charge is 0.252 e. The first kappa shape index (κ1) is 17.7. The topological polar surface area (TPSA) is 56.4 Å². The number of fused-ring (bicyclic) bond motifs is 1. The largest absolute Gasteiger partial charge is 0.340 e. The Morgan fingerprint density at radius 2 is 1.80 bits per heavy atom. The Bertz CT molecular complexity index is 846. The first-order valence-corrected chi connectivity index (χ1v) is 8.99. The zero-order valence-electron chi connectivity index (χ0n) is 15.6. The second kappa shape index (κ2) is 7.00. The van der Waals surface area contributed by atoms with Crippen molar-refractivity contribution in [3.63, 3.8) is 0 Å². The van der Waals surface area contributed by atoms with Crippen molar-refractivity contribution in [3.05, 3.63) is 45.2 Å². The molecule has 1 saturated heterocycles. The van der Waals surface area contributed by atoms with Gasteiger partial charge in [0.25, 0.3) is 5.56 Å². The van der Waals surface area contributed by atoms with Gasteiger partial charge in [-0.3, -0.25) is 14.5 Å². The molecule has 1 N–H and O–H groups in total. The molecule has 1 aliphatic heterocycles. The van der Waals surface area contributed by atoms with E-state index in [4.69, 9.17) is 0 Å². The third-order valence-electron chi connectivity index (χ3n) is 4.94. The van der Waals surface area contributed by atoms with Gasteiger partial charge in [-0.15, -0.1) is 0 Å². The number of hydrogen-bond donors (Lipinski definition) is 1. The molecule has 2 heterocycles. The van der Waals surface area contributed by atoms with Gasteiger partial charge < -0.3 is 9.88 Å². The van der Waals surface area contributed by atoms with Crippen LogP contribution in [0.25, 0.3) is 10.9 Å². The van der Waals surface area contributed by atoms with E-state index in [9.17, 15) is 9.59 Å². The summed E-state index contributed by atoms with van der Waals surface area (Å²) in [5.74, 6) is 0.260. The molecule has 1 aromatic heterocycles. The average Bonchev–Trinajstić information content (AvgIpc) is 2.56. The van der Waals surface area contributed by atoms with E-state index in [1.807, 2.05) is 31.7 Å². The van der Waals surface area contributed by atoms with E-state index >= 15 is 0 Å². The van der Waals surface area contributed by atoms with Crippen LogP contribution >= 0.6 is 0 Å². The summed E-state index contributed by atoms with van der Waals surface area (Å²) in [6.45, 7) is 11.7. The monoisotopic (exact) mass is 341 g/mol. The van der Waals surface area contributed by atoms with Crippen LogP contribution in [0.2, 0.25) is 0 Å². The minimum atomic E-state index is -0.0138. The highest BCUT2D eigenvalue weighted by atomic mass is 16.2. The van der Waals surface area contributed by atoms with Crippen molar-refractivity contribution in [1.29, 1.82) is 0 Å². The Morgan fingerprint density at radius 1 is 1.12 bits per heavy atom. The molecule has 0 atom stereocenters. The van der Waals surface area contributed by atoms with Crippen LogP contribution in [0.15, 0.2) is 23.0 Å². The molecule has 0 bridgehead atoms. The quantitative estimate of drug-likeness (QED) is 0.933. The lowest BCUT2D eigenvalue weighted by Gasteiger charge is -2.35. The summed E-state index contributed by atoms with van der Waals surface area (Å²) in [7, 11) is 0. The number of aromatic nitrogens is 1. The molecule has 5 heteroatoms. The van der Waals surface area contributed by atoms with E-state index in [2.05, 4.69) is 28.9 Å². The normalized spacial score (nSPS) is 16.0. The maximum Gasteiger partial charge on any atom is 0.252 e. The molecule has 1 amide bonds. The maximum atomic E-state index is 12.5. The molecule has 0 saturated carbocycles. The number of aromatic amines is 1. The van der Waals surface area contributed by atoms with E-state index in [0.29, 0.717) is 6.54 Å². The minimum absolute atomic E-state index is 0.0138. The van der Waals surface area contributed by atoms with E-state index in [-0.39, 0.29) is 17.4 Å². The Balaban J connectivity index is 1.75. The summed E-state index contributed by atoms with van der Waals surface area (Å²) in [6, 6.07) is 6.21. The average molecular weight is 341 g/mol. The summed E-state index contributed by atoms with van der Waals surface area (Å²) in [5.41, 5.74) is 4.00. The van der Waals surface area contributed by atoms with Crippen LogP contribution in [0.4, 0.5) is 0 Å². The van der Waals surface area contributed by atoms with Crippen molar-refractivity contribution in [3.8, 4) is 0 Å². The van der Waals surface area contributed by atoms with Crippen LogP contribution in [0.5, 0.6) is 0 Å². The van der Waals surface area contributed by atoms with E-state index in [1.165, 1.54) is 5.56 Å². The SMILES string of the molecule is Cc1cc(C)c2[nH]c(=O)c(CN3CCN(C(=O)C(C)C)CC3)cc2c1. The number of rotatable bonds is 3. The van der Waals surface area contributed by atoms with Gasteiger partial charge in [-0.25, -0.2) is 0 Å². The zero-order valence-corrected chi connectivity index (χ0v) is 15.6. The third-order valence-corrected chi connectivity index (χ3v) is 4.94. The second-order valence-corrected chi connectivity index (χ2v) is 7.43. The van der Waals surface area contributed by atoms with Gasteiger partial charge in [-0.05, 0) is 36.9 Å². The number of nitrogens with one attached hydrogen (secondary N) is 1. The number of hydrogen-bond acceptors (Lipinski definition) is 3. The number of pyridine rings is 1. The molecule has 25 heavy (non-hydrogen) atoms. The van der Waals surface area contributed by atoms with Gasteiger partial charge in [0.05, 0.1) is 5.52 Å². The molecule has 0 aliphatic carbocycles. The number of carbonyl (C=O) groups is 1. The number of benzene rings is 1. The Labute approximate surface area is 148 Å². The molecule has 2 aromatic rings. The van der Waals surface area contributed by atoms with E-state index < -0.39 is 0 Å². The number of H-pyrrole nitrogens is 1. The first-order chi connectivity index (χ1) is 11.8. The molecule has 134 valence electrons. The maximum absolute atomic E-state index is 12.5. The van der Waals surface area contributed by atoms with Gasteiger partial charge in [-0.1, -0.05) is 25.5 Å². The molecular weight excluding hydrogens is 314 g/mol. The lowest BCUT2D eigenvalue weighted by molar-refractivity contribution is -0.136. The van der Waals surface area contributed by atoms with Crippen LogP contribution in [0.3, 0.4) is 0 Å². The second-order valence-electron chi connectivity index (χ2n) is 7.43. The summed E-state index contributed by atoms with van der Waals surface area (Å²) >= 11 is 0. The Hall–Kier alpha value is -2.14. The fraction of sp³-hybridized carbons (Fsp3) is 0.500. The van der Waals surface area contributed by atoms with Crippen molar-refractivity contribution in [2.24, 2.45) is 5.92 Å². The van der Waals surface area contributed by atoms with Gasteiger partial charge in [0, 0.05) is 44.2 Å². The number of piperazine rings is 1. The van der Waals surface area contributed by atoms with Crippen LogP contribution in [-0.2, 0) is 11.3 Å². The Morgan fingerprint density at radius 3 is 2.44 bits per heavy atom. The van der Waals surface area contributed by atoms with Crippen LogP contribution in [0.1, 0.15) is 30.5 Å². The molecule has 1 aromatic carbocycles. The summed E-state index contributed by atoms with van der Waals surface area (Å²) in [4.78, 5) is 31.8. The van der Waals surface area contributed by atoms with Crippen molar-refractivity contribution in [1.82, 2.24) is 14.8 Å². The molecule has 0 radical (unpaired) electrons. The summed E-state index contributed by atoms with van der Waals surface area (Å²) < 4.78 is 0. The molecule has 1 aliphatic rings. The molecule has 0 unspecified atom stereocenters. The minimum Gasteiger partial charge on any atom is -0.340 e. The van der Waals surface area contributed by atoms with Gasteiger partial charge in [-0.2, -0.15) is 0 Å². The predicted molar refractivity (Wildman–Crippen MR) is 101 cm³/mol. The zero-order chi connectivity index (χ0) is 18.1. The molecule has 0 spiro atoms. The number of aryl methyl sites for hydroxylation is 2. The van der Waals surface area contributed by atoms with Crippen LogP contribution < -0.4 is 5.56 Å². The fourth-order valence-electron chi connectivity index (χ4n) is 3.58. The van der Waals surface area contributed by atoms with Crippen molar-refractivity contribution in [2.45, 2.75) is 34.2 Å². The molecule has 3 rings (SSSR count). The molecular formula is C20H27N3O2. The third kappa shape index (κ3) is 3.76. The van der Waals surface area contributed by atoms with Crippen molar-refractivity contribution >= 4 is 16.8 Å². The highest BCUT2D eigenvalue weighted by molar-refractivity contribution is 5.82. The van der Waals surface area contributed by atoms with Gasteiger partial charge >= 0.3 is 0 Å². The van der Waals surface area contributed by atoms with Crippen LogP contribution in [0, 0.1) is 19.8 Å². The van der Waals surface area contributed by atoms with Gasteiger partial charge in [0.2, 0.25) is 5.91 Å². The highest BCUT2D eigenvalue weighted by Gasteiger charge is 2.23. The predicted octanol–water partition coefficient (Wildman–Crippen LogP) is 2.45. The van der Waals surface area contributed by atoms with Gasteiger partial charge in [0.15, 0.2) is 0 Å².